The summed E-state index contributed by atoms with van der Waals surface area (Å²) in [6, 6.07) is 12.5. The van der Waals surface area contributed by atoms with Crippen molar-refractivity contribution in [2.24, 2.45) is 18.9 Å². The average Bonchev–Trinajstić information content (AvgIpc) is 4.07. The number of carbonyl (C=O) groups excluding carboxylic acids is 2. The van der Waals surface area contributed by atoms with Gasteiger partial charge in [0.15, 0.2) is 0 Å². The maximum Gasteiger partial charge on any atom is 0.259 e. The third-order valence-electron chi connectivity index (χ3n) is 10.1. The molecule has 0 radical (unpaired) electrons. The van der Waals surface area contributed by atoms with E-state index in [9.17, 15) is 24.3 Å². The Morgan fingerprint density at radius 2 is 1.36 bits per heavy atom. The van der Waals surface area contributed by atoms with E-state index in [1.54, 1.807) is 54.5 Å². The number of hydrogen-bond donors (Lipinski definition) is 3. The van der Waals surface area contributed by atoms with Gasteiger partial charge in [-0.05, 0) is 75.8 Å². The van der Waals surface area contributed by atoms with Crippen LogP contribution in [0.2, 0.25) is 0 Å². The van der Waals surface area contributed by atoms with Crippen molar-refractivity contribution in [2.45, 2.75) is 59.1 Å². The van der Waals surface area contributed by atoms with E-state index in [4.69, 9.17) is 0 Å². The van der Waals surface area contributed by atoms with Gasteiger partial charge in [0.05, 0.1) is 23.3 Å². The molecule has 2 aliphatic rings. The summed E-state index contributed by atoms with van der Waals surface area (Å²) in [5.74, 6) is 0.574. The Morgan fingerprint density at radius 3 is 1.96 bits per heavy atom. The highest BCUT2D eigenvalue weighted by atomic mass is 16.3. The lowest BCUT2D eigenvalue weighted by atomic mass is 9.98. The maximum absolute atomic E-state index is 14.4. The molecule has 2 amide bonds. The summed E-state index contributed by atoms with van der Waals surface area (Å²) in [5, 5.41) is 17.2. The molecule has 6 heterocycles. The molecule has 13 nitrogen and oxygen atoms in total. The summed E-state index contributed by atoms with van der Waals surface area (Å²) in [4.78, 5) is 71.3. The molecule has 0 unspecified atom stereocenters. The molecule has 2 saturated carbocycles. The molecule has 13 heteroatoms. The van der Waals surface area contributed by atoms with Gasteiger partial charge in [-0.15, -0.1) is 0 Å². The molecule has 268 valence electrons. The fourth-order valence-corrected chi connectivity index (χ4v) is 6.81. The SMILES string of the molecule is Cc1ccc(-c2cc3cnc(NC(=O)C4CC4)cc3n(CCc3cc(CO)ncc3-c3cc4cnc(NC(=O)C5CC5)cc4n(C)c3=O)c2=O)c(C)n1. The molecule has 2 aliphatic carbocycles. The Bertz CT molecular complexity index is 2600. The van der Waals surface area contributed by atoms with E-state index in [1.165, 1.54) is 4.57 Å². The number of aryl methyl sites for hydroxylation is 5. The van der Waals surface area contributed by atoms with Gasteiger partial charge in [0.1, 0.15) is 11.6 Å². The number of amides is 2. The molecule has 0 spiro atoms. The molecular weight excluding hydrogens is 672 g/mol. The lowest BCUT2D eigenvalue weighted by Crippen LogP contribution is -2.24. The van der Waals surface area contributed by atoms with Crippen molar-refractivity contribution in [1.82, 2.24) is 29.1 Å². The number of aliphatic hydroxyl groups excluding tert-OH is 1. The number of fused-ring (bicyclic) bond motifs is 2. The van der Waals surface area contributed by atoms with Crippen LogP contribution in [0.1, 0.15) is 48.3 Å². The number of anilines is 2. The first-order chi connectivity index (χ1) is 25.6. The van der Waals surface area contributed by atoms with E-state index in [0.29, 0.717) is 73.4 Å². The van der Waals surface area contributed by atoms with Crippen molar-refractivity contribution < 1.29 is 14.7 Å². The van der Waals surface area contributed by atoms with Crippen LogP contribution < -0.4 is 21.8 Å². The summed E-state index contributed by atoms with van der Waals surface area (Å²) in [7, 11) is 1.67. The van der Waals surface area contributed by atoms with Crippen LogP contribution in [0.3, 0.4) is 0 Å². The molecule has 0 aliphatic heterocycles. The Hall–Kier alpha value is -6.08. The number of pyridine rings is 6. The molecule has 0 aromatic carbocycles. The first kappa shape index (κ1) is 34.0. The third-order valence-corrected chi connectivity index (χ3v) is 10.1. The highest BCUT2D eigenvalue weighted by Gasteiger charge is 2.31. The van der Waals surface area contributed by atoms with Crippen LogP contribution in [0.5, 0.6) is 0 Å². The average molecular weight is 711 g/mol. The number of hydrogen-bond acceptors (Lipinski definition) is 9. The van der Waals surface area contributed by atoms with Gasteiger partial charge < -0.3 is 24.9 Å². The zero-order valence-corrected chi connectivity index (χ0v) is 29.6. The molecule has 3 N–H and O–H groups in total. The van der Waals surface area contributed by atoms with E-state index >= 15 is 0 Å². The monoisotopic (exact) mass is 710 g/mol. The van der Waals surface area contributed by atoms with Gasteiger partial charge in [-0.3, -0.25) is 29.1 Å². The lowest BCUT2D eigenvalue weighted by molar-refractivity contribution is -0.118. The summed E-state index contributed by atoms with van der Waals surface area (Å²) >= 11 is 0. The molecule has 0 atom stereocenters. The predicted octanol–water partition coefficient (Wildman–Crippen LogP) is 4.82. The third kappa shape index (κ3) is 6.71. The largest absolute Gasteiger partial charge is 0.390 e. The van der Waals surface area contributed by atoms with Gasteiger partial charge in [0.25, 0.3) is 11.1 Å². The van der Waals surface area contributed by atoms with Crippen LogP contribution in [0.25, 0.3) is 44.1 Å². The number of nitrogens with zero attached hydrogens (tertiary/aromatic N) is 6. The van der Waals surface area contributed by atoms with Crippen molar-refractivity contribution >= 4 is 45.3 Å². The van der Waals surface area contributed by atoms with Gasteiger partial charge >= 0.3 is 0 Å². The van der Waals surface area contributed by atoms with Crippen LogP contribution in [0.15, 0.2) is 70.6 Å². The standard InChI is InChI=1S/C40H38N8O5/c1-21-4-9-29(22(2)44-21)30-14-27-18-43-36(46-38(51)24-7-8-24)16-34(27)48(40(30)53)11-10-25-12-28(20-49)41-19-32(25)31-13-26-17-42-35(45-37(50)23-5-6-23)15-33(26)47(3)39(31)52/h4,9,12-19,23-24,49H,5-8,10-11,20H2,1-3H3,(H,42,45,50)(H,43,46,51). The first-order valence-corrected chi connectivity index (χ1v) is 17.8. The number of aliphatic hydroxyl groups is 1. The summed E-state index contributed by atoms with van der Waals surface area (Å²) in [6.07, 6.45) is 8.58. The highest BCUT2D eigenvalue weighted by molar-refractivity contribution is 5.96. The Labute approximate surface area is 303 Å². The fourth-order valence-electron chi connectivity index (χ4n) is 6.81. The normalized spacial score (nSPS) is 14.1. The van der Waals surface area contributed by atoms with Crippen LogP contribution >= 0.6 is 0 Å². The minimum Gasteiger partial charge on any atom is -0.390 e. The van der Waals surface area contributed by atoms with Crippen molar-refractivity contribution in [2.75, 3.05) is 10.6 Å². The highest BCUT2D eigenvalue weighted by Crippen LogP contribution is 2.32. The molecule has 2 fully saturated rings. The van der Waals surface area contributed by atoms with Crippen molar-refractivity contribution in [3.63, 3.8) is 0 Å². The molecule has 0 bridgehead atoms. The minimum absolute atomic E-state index is 0.0125. The quantitative estimate of drug-likeness (QED) is 0.180. The molecule has 6 aromatic rings. The summed E-state index contributed by atoms with van der Waals surface area (Å²) in [6.45, 7) is 3.66. The van der Waals surface area contributed by atoms with E-state index in [1.807, 2.05) is 32.0 Å². The van der Waals surface area contributed by atoms with Crippen LogP contribution in [-0.2, 0) is 36.2 Å². The second-order valence-corrected chi connectivity index (χ2v) is 14.0. The van der Waals surface area contributed by atoms with Crippen molar-refractivity contribution in [3.05, 3.63) is 104 Å². The van der Waals surface area contributed by atoms with Gasteiger partial charge in [0, 0.05) is 101 Å². The molecule has 8 rings (SSSR count). The van der Waals surface area contributed by atoms with Gasteiger partial charge in [0.2, 0.25) is 11.8 Å². The van der Waals surface area contributed by atoms with Crippen molar-refractivity contribution in [3.8, 4) is 22.3 Å². The molecule has 53 heavy (non-hydrogen) atoms. The van der Waals surface area contributed by atoms with Crippen molar-refractivity contribution in [1.29, 1.82) is 0 Å². The maximum atomic E-state index is 14.4. The van der Waals surface area contributed by atoms with Gasteiger partial charge in [-0.1, -0.05) is 6.07 Å². The Morgan fingerprint density at radius 1 is 0.755 bits per heavy atom. The Kier molecular flexibility index (Phi) is 8.65. The molecule has 6 aromatic heterocycles. The van der Waals surface area contributed by atoms with Gasteiger partial charge in [-0.2, -0.15) is 0 Å². The smallest absolute Gasteiger partial charge is 0.259 e. The van der Waals surface area contributed by atoms with Crippen LogP contribution in [0.4, 0.5) is 11.6 Å². The predicted molar refractivity (Wildman–Crippen MR) is 201 cm³/mol. The second kappa shape index (κ2) is 13.5. The number of aromatic nitrogens is 6. The number of nitrogens with one attached hydrogen (secondary N) is 2. The zero-order chi connectivity index (χ0) is 37.0. The number of rotatable bonds is 10. The zero-order valence-electron chi connectivity index (χ0n) is 29.6. The molecule has 0 saturated heterocycles. The first-order valence-electron chi connectivity index (χ1n) is 17.8. The topological polar surface area (TPSA) is 174 Å². The lowest BCUT2D eigenvalue weighted by Gasteiger charge is -2.17. The van der Waals surface area contributed by atoms with Crippen LogP contribution in [-0.4, -0.2) is 46.0 Å². The second-order valence-electron chi connectivity index (χ2n) is 14.0. The Balaban J connectivity index is 1.21. The van der Waals surface area contributed by atoms with E-state index in [-0.39, 0.29) is 47.9 Å². The van der Waals surface area contributed by atoms with E-state index < -0.39 is 0 Å². The summed E-state index contributed by atoms with van der Waals surface area (Å²) in [5.41, 5.74) is 5.47. The van der Waals surface area contributed by atoms with E-state index in [0.717, 1.165) is 37.1 Å². The molecular formula is C40H38N8O5. The number of carbonyl (C=O) groups is 2. The summed E-state index contributed by atoms with van der Waals surface area (Å²) < 4.78 is 3.19. The van der Waals surface area contributed by atoms with Gasteiger partial charge in [-0.25, -0.2) is 9.97 Å². The van der Waals surface area contributed by atoms with Crippen LogP contribution in [0, 0.1) is 25.7 Å². The fraction of sp³-hybridized carbons (Fsp3) is 0.300. The van der Waals surface area contributed by atoms with E-state index in [2.05, 4.69) is 30.6 Å². The minimum atomic E-state index is -0.309.